The molecule has 4 nitrogen and oxygen atoms in total. The highest BCUT2D eigenvalue weighted by atomic mass is 79.9. The van der Waals surface area contributed by atoms with Crippen LogP contribution in [0.5, 0.6) is 11.5 Å². The van der Waals surface area contributed by atoms with E-state index >= 15 is 0 Å². The maximum absolute atomic E-state index is 11.6. The first-order valence-electron chi connectivity index (χ1n) is 8.62. The van der Waals surface area contributed by atoms with Crippen molar-refractivity contribution in [2.75, 3.05) is 13.2 Å². The molecule has 6 heteroatoms. The molecular formula is C21H23Br2NO3. The van der Waals surface area contributed by atoms with Crippen molar-refractivity contribution in [2.45, 2.75) is 26.2 Å². The monoisotopic (exact) mass is 495 g/mol. The highest BCUT2D eigenvalue weighted by Crippen LogP contribution is 2.34. The largest absolute Gasteiger partial charge is 0.508 e. The number of phenols is 1. The van der Waals surface area contributed by atoms with Crippen molar-refractivity contribution in [3.63, 3.8) is 0 Å². The topological polar surface area (TPSA) is 58.6 Å². The lowest BCUT2D eigenvalue weighted by atomic mass is 9.96. The van der Waals surface area contributed by atoms with E-state index in [1.165, 1.54) is 0 Å². The Morgan fingerprint density at radius 3 is 2.52 bits per heavy atom. The number of carbonyl (C=O) groups is 1. The van der Waals surface area contributed by atoms with Gasteiger partial charge in [-0.1, -0.05) is 63.9 Å². The van der Waals surface area contributed by atoms with Crippen molar-refractivity contribution >= 4 is 37.8 Å². The van der Waals surface area contributed by atoms with Crippen LogP contribution in [0.3, 0.4) is 0 Å². The molecule has 0 saturated heterocycles. The van der Waals surface area contributed by atoms with Crippen molar-refractivity contribution in [1.82, 2.24) is 5.32 Å². The molecule has 0 atom stereocenters. The van der Waals surface area contributed by atoms with Crippen LogP contribution in [0.2, 0.25) is 0 Å². The highest BCUT2D eigenvalue weighted by Gasteiger charge is 2.13. The number of aromatic hydroxyl groups is 1. The highest BCUT2D eigenvalue weighted by molar-refractivity contribution is 9.11. The van der Waals surface area contributed by atoms with Crippen LogP contribution in [-0.2, 0) is 11.2 Å². The summed E-state index contributed by atoms with van der Waals surface area (Å²) in [5.41, 5.74) is 3.11. The van der Waals surface area contributed by atoms with E-state index in [9.17, 15) is 9.90 Å². The Balaban J connectivity index is 2.14. The maximum Gasteiger partial charge on any atom is 0.258 e. The van der Waals surface area contributed by atoms with Crippen LogP contribution in [0.4, 0.5) is 0 Å². The lowest BCUT2D eigenvalue weighted by Gasteiger charge is -2.14. The zero-order chi connectivity index (χ0) is 20.0. The predicted octanol–water partition coefficient (Wildman–Crippen LogP) is 5.31. The van der Waals surface area contributed by atoms with E-state index in [0.717, 1.165) is 25.6 Å². The van der Waals surface area contributed by atoms with Crippen molar-refractivity contribution in [3.8, 4) is 11.5 Å². The van der Waals surface area contributed by atoms with Crippen molar-refractivity contribution in [1.29, 1.82) is 0 Å². The summed E-state index contributed by atoms with van der Waals surface area (Å²) in [5.74, 6) is 0.974. The molecule has 0 bridgehead atoms. The van der Waals surface area contributed by atoms with E-state index in [0.29, 0.717) is 24.5 Å². The van der Waals surface area contributed by atoms with Crippen LogP contribution in [-0.4, -0.2) is 24.2 Å². The van der Waals surface area contributed by atoms with E-state index in [-0.39, 0.29) is 18.4 Å². The first-order chi connectivity index (χ1) is 12.8. The molecule has 2 rings (SSSR count). The molecule has 2 N–H and O–H groups in total. The van der Waals surface area contributed by atoms with E-state index in [4.69, 9.17) is 4.74 Å². The Labute approximate surface area is 176 Å². The van der Waals surface area contributed by atoms with Gasteiger partial charge >= 0.3 is 0 Å². The predicted molar refractivity (Wildman–Crippen MR) is 116 cm³/mol. The van der Waals surface area contributed by atoms with Crippen LogP contribution in [0, 0.1) is 0 Å². The number of hydrogen-bond acceptors (Lipinski definition) is 3. The SMILES string of the molecule is C=CCNC(=O)COc1cc(Br)c(Cc2ccc(O)c(C(C)C)c2)c(Br)c1. The number of ether oxygens (including phenoxy) is 1. The van der Waals surface area contributed by atoms with Crippen LogP contribution < -0.4 is 10.1 Å². The van der Waals surface area contributed by atoms with Gasteiger partial charge in [-0.15, -0.1) is 6.58 Å². The Kier molecular flexibility index (Phi) is 7.92. The summed E-state index contributed by atoms with van der Waals surface area (Å²) < 4.78 is 7.33. The van der Waals surface area contributed by atoms with Crippen LogP contribution in [0.15, 0.2) is 51.9 Å². The third kappa shape index (κ3) is 6.11. The average Bonchev–Trinajstić information content (AvgIpc) is 2.62. The van der Waals surface area contributed by atoms with E-state index < -0.39 is 0 Å². The van der Waals surface area contributed by atoms with E-state index in [2.05, 4.69) is 57.6 Å². The number of amides is 1. The second kappa shape index (κ2) is 9.95. The van der Waals surface area contributed by atoms with Crippen LogP contribution >= 0.6 is 31.9 Å². The molecule has 0 aliphatic rings. The van der Waals surface area contributed by atoms with Gasteiger partial charge in [0, 0.05) is 15.5 Å². The molecule has 0 aliphatic carbocycles. The van der Waals surface area contributed by atoms with Crippen LogP contribution in [0.1, 0.15) is 36.5 Å². The summed E-state index contributed by atoms with van der Waals surface area (Å²) in [6, 6.07) is 9.41. The van der Waals surface area contributed by atoms with Gasteiger partial charge in [-0.05, 0) is 47.2 Å². The van der Waals surface area contributed by atoms with E-state index in [1.54, 1.807) is 12.1 Å². The normalized spacial score (nSPS) is 10.7. The summed E-state index contributed by atoms with van der Waals surface area (Å²) in [6.07, 6.45) is 2.31. The summed E-state index contributed by atoms with van der Waals surface area (Å²) in [6.45, 7) is 8.03. The molecule has 1 amide bonds. The van der Waals surface area contributed by atoms with Gasteiger partial charge in [-0.25, -0.2) is 0 Å². The van der Waals surface area contributed by atoms with E-state index in [1.807, 2.05) is 24.3 Å². The summed E-state index contributed by atoms with van der Waals surface area (Å²) in [5, 5.41) is 12.7. The van der Waals surface area contributed by atoms with Gasteiger partial charge in [0.1, 0.15) is 11.5 Å². The number of phenolic OH excluding ortho intramolecular Hbond substituents is 1. The smallest absolute Gasteiger partial charge is 0.258 e. The minimum atomic E-state index is -0.198. The molecule has 0 unspecified atom stereocenters. The quantitative estimate of drug-likeness (QED) is 0.486. The number of nitrogens with one attached hydrogen (secondary N) is 1. The first kappa shape index (κ1) is 21.5. The molecule has 144 valence electrons. The summed E-state index contributed by atoms with van der Waals surface area (Å²) in [4.78, 5) is 11.6. The fourth-order valence-corrected chi connectivity index (χ4v) is 4.02. The molecule has 2 aromatic rings. The van der Waals surface area contributed by atoms with Gasteiger partial charge in [0.15, 0.2) is 6.61 Å². The standard InChI is InChI=1S/C21H23Br2NO3/c1-4-7-24-21(26)12-27-15-10-18(22)17(19(23)11-15)9-14-5-6-20(25)16(8-14)13(2)3/h4-6,8,10-11,13,25H,1,7,9,12H2,2-3H3,(H,24,26). The zero-order valence-corrected chi connectivity index (χ0v) is 18.6. The fraction of sp³-hybridized carbons (Fsp3) is 0.286. The lowest BCUT2D eigenvalue weighted by molar-refractivity contribution is -0.122. The third-order valence-corrected chi connectivity index (χ3v) is 5.44. The third-order valence-electron chi connectivity index (χ3n) is 4.02. The van der Waals surface area contributed by atoms with Gasteiger partial charge < -0.3 is 15.2 Å². The molecule has 0 aliphatic heterocycles. The number of halogens is 2. The molecule has 2 aromatic carbocycles. The summed E-state index contributed by atoms with van der Waals surface area (Å²) >= 11 is 7.19. The second-order valence-corrected chi connectivity index (χ2v) is 8.18. The Bertz CT molecular complexity index is 811. The Morgan fingerprint density at radius 1 is 1.26 bits per heavy atom. The number of hydrogen-bond donors (Lipinski definition) is 2. The second-order valence-electron chi connectivity index (χ2n) is 6.47. The van der Waals surface area contributed by atoms with Gasteiger partial charge in [-0.3, -0.25) is 4.79 Å². The van der Waals surface area contributed by atoms with Gasteiger partial charge in [0.25, 0.3) is 5.91 Å². The molecule has 0 radical (unpaired) electrons. The molecular weight excluding hydrogens is 474 g/mol. The molecule has 0 heterocycles. The van der Waals surface area contributed by atoms with Crippen molar-refractivity contribution in [3.05, 3.63) is 68.6 Å². The maximum atomic E-state index is 11.6. The molecule has 0 spiro atoms. The minimum absolute atomic E-state index is 0.0538. The summed E-state index contributed by atoms with van der Waals surface area (Å²) in [7, 11) is 0. The number of benzene rings is 2. The molecule has 27 heavy (non-hydrogen) atoms. The van der Waals surface area contributed by atoms with Gasteiger partial charge in [0.05, 0.1) is 0 Å². The van der Waals surface area contributed by atoms with Gasteiger partial charge in [-0.2, -0.15) is 0 Å². The zero-order valence-electron chi connectivity index (χ0n) is 15.4. The minimum Gasteiger partial charge on any atom is -0.508 e. The van der Waals surface area contributed by atoms with Crippen molar-refractivity contribution < 1.29 is 14.6 Å². The van der Waals surface area contributed by atoms with Crippen LogP contribution in [0.25, 0.3) is 0 Å². The van der Waals surface area contributed by atoms with Gasteiger partial charge in [0.2, 0.25) is 0 Å². The number of carbonyl (C=O) groups excluding carboxylic acids is 1. The lowest BCUT2D eigenvalue weighted by Crippen LogP contribution is -2.28. The Morgan fingerprint density at radius 2 is 1.93 bits per heavy atom. The Hall–Kier alpha value is -1.79. The number of rotatable bonds is 8. The molecule has 0 saturated carbocycles. The molecule has 0 aromatic heterocycles. The van der Waals surface area contributed by atoms with Crippen molar-refractivity contribution in [2.24, 2.45) is 0 Å². The average molecular weight is 497 g/mol. The molecule has 0 fully saturated rings. The fourth-order valence-electron chi connectivity index (χ4n) is 2.60. The first-order valence-corrected chi connectivity index (χ1v) is 10.2.